The van der Waals surface area contributed by atoms with Crippen molar-refractivity contribution in [2.45, 2.75) is 51.2 Å². The second kappa shape index (κ2) is 6.98. The highest BCUT2D eigenvalue weighted by atomic mass is 28.3. The minimum Gasteiger partial charge on any atom is -0.458 e. The third kappa shape index (κ3) is 2.71. The van der Waals surface area contributed by atoms with Crippen molar-refractivity contribution in [1.29, 1.82) is 0 Å². The van der Waals surface area contributed by atoms with E-state index in [-0.39, 0.29) is 18.6 Å². The predicted octanol–water partition coefficient (Wildman–Crippen LogP) is 3.18. The second-order valence-corrected chi connectivity index (χ2v) is 14.0. The summed E-state index contributed by atoms with van der Waals surface area (Å²) in [5.41, 5.74) is 2.01. The fourth-order valence-electron chi connectivity index (χ4n) is 5.26. The molecule has 1 atom stereocenters. The molecule has 0 spiro atoms. The molecule has 2 aliphatic rings. The smallest absolute Gasteiger partial charge is 0.343 e. The van der Waals surface area contributed by atoms with Crippen LogP contribution in [-0.4, -0.2) is 28.7 Å². The van der Waals surface area contributed by atoms with Gasteiger partial charge in [-0.25, -0.2) is 9.78 Å². The lowest BCUT2D eigenvalue weighted by Gasteiger charge is -2.31. The number of hydrogen-bond acceptors (Lipinski definition) is 5. The van der Waals surface area contributed by atoms with Crippen LogP contribution in [0, 0.1) is 0 Å². The van der Waals surface area contributed by atoms with E-state index in [9.17, 15) is 14.7 Å². The van der Waals surface area contributed by atoms with Crippen LogP contribution in [0.1, 0.15) is 30.0 Å². The summed E-state index contributed by atoms with van der Waals surface area (Å²) >= 11 is 0. The van der Waals surface area contributed by atoms with Crippen LogP contribution in [0.5, 0.6) is 0 Å². The average Bonchev–Trinajstić information content (AvgIpc) is 3.13. The first-order valence-corrected chi connectivity index (χ1v) is 14.1. The lowest BCUT2D eigenvalue weighted by Crippen LogP contribution is -2.44. The second-order valence-electron chi connectivity index (χ2n) is 9.31. The first-order chi connectivity index (χ1) is 15.2. The number of para-hydroxylation sites is 1. The van der Waals surface area contributed by atoms with Crippen molar-refractivity contribution in [3.05, 3.63) is 70.0 Å². The maximum Gasteiger partial charge on any atom is 0.343 e. The molecule has 2 aliphatic heterocycles. The van der Waals surface area contributed by atoms with Crippen LogP contribution in [0.25, 0.3) is 22.3 Å². The van der Waals surface area contributed by atoms with Gasteiger partial charge in [-0.05, 0) is 40.7 Å². The van der Waals surface area contributed by atoms with Crippen molar-refractivity contribution >= 4 is 30.1 Å². The van der Waals surface area contributed by atoms with Crippen LogP contribution < -0.4 is 10.7 Å². The molecule has 0 saturated carbocycles. The van der Waals surface area contributed by atoms with Gasteiger partial charge in [-0.15, -0.1) is 6.58 Å². The number of aliphatic hydroxyl groups is 1. The molecule has 4 heterocycles. The molecule has 32 heavy (non-hydrogen) atoms. The van der Waals surface area contributed by atoms with Gasteiger partial charge >= 0.3 is 5.97 Å². The number of fused-ring (bicyclic) bond motifs is 5. The molecule has 1 N–H and O–H groups in total. The molecule has 0 saturated heterocycles. The summed E-state index contributed by atoms with van der Waals surface area (Å²) in [7, 11) is -1.94. The lowest BCUT2D eigenvalue weighted by atomic mass is 9.86. The summed E-state index contributed by atoms with van der Waals surface area (Å²) in [5, 5.41) is 13.5. The van der Waals surface area contributed by atoms with Crippen molar-refractivity contribution in [3.63, 3.8) is 0 Å². The van der Waals surface area contributed by atoms with E-state index in [1.54, 1.807) is 17.6 Å². The highest BCUT2D eigenvalue weighted by Crippen LogP contribution is 2.39. The van der Waals surface area contributed by atoms with Gasteiger partial charge < -0.3 is 14.4 Å². The van der Waals surface area contributed by atoms with E-state index in [1.165, 1.54) is 5.19 Å². The fourth-order valence-corrected chi connectivity index (χ4v) is 8.14. The Hall–Kier alpha value is -3.03. The Morgan fingerprint density at radius 2 is 2.03 bits per heavy atom. The van der Waals surface area contributed by atoms with Gasteiger partial charge in [-0.3, -0.25) is 4.79 Å². The van der Waals surface area contributed by atoms with Gasteiger partial charge in [-0.2, -0.15) is 0 Å². The van der Waals surface area contributed by atoms with Crippen molar-refractivity contribution in [3.8, 4) is 11.4 Å². The van der Waals surface area contributed by atoms with E-state index in [2.05, 4.69) is 25.7 Å². The number of nitrogens with zero attached hydrogens (tertiary/aromatic N) is 2. The maximum atomic E-state index is 13.5. The van der Waals surface area contributed by atoms with Gasteiger partial charge in [0.25, 0.3) is 5.56 Å². The maximum absolute atomic E-state index is 13.5. The zero-order valence-electron chi connectivity index (χ0n) is 18.6. The summed E-state index contributed by atoms with van der Waals surface area (Å²) in [5.74, 6) is -0.707. The average molecular weight is 447 g/mol. The SMILES string of the molecule is C=CC[Si](C)(C)c1c2c(nc3ccccc13)-c1cc3c(c(=O)n1C2)COC(=O)[C@]3(O)CC. The third-order valence-corrected chi connectivity index (χ3v) is 10.2. The highest BCUT2D eigenvalue weighted by Gasteiger charge is 2.45. The first-order valence-electron chi connectivity index (χ1n) is 10.9. The fraction of sp³-hybridized carbons (Fsp3) is 0.320. The molecule has 0 aliphatic carbocycles. The molecule has 0 amide bonds. The molecule has 0 radical (unpaired) electrons. The predicted molar refractivity (Wildman–Crippen MR) is 127 cm³/mol. The Labute approximate surface area is 187 Å². The zero-order chi connectivity index (χ0) is 22.8. The molecule has 2 aromatic heterocycles. The minimum absolute atomic E-state index is 0.120. The molecule has 3 aromatic rings. The van der Waals surface area contributed by atoms with Gasteiger partial charge in [0.2, 0.25) is 0 Å². The number of benzene rings is 1. The number of cyclic esters (lactones) is 1. The highest BCUT2D eigenvalue weighted by molar-refractivity contribution is 6.92. The van der Waals surface area contributed by atoms with Crippen LogP contribution >= 0.6 is 0 Å². The summed E-state index contributed by atoms with van der Waals surface area (Å²) in [6.07, 6.45) is 2.11. The van der Waals surface area contributed by atoms with Crippen LogP contribution in [-0.2, 0) is 28.3 Å². The van der Waals surface area contributed by atoms with Gasteiger partial charge in [-0.1, -0.05) is 44.3 Å². The molecule has 7 heteroatoms. The van der Waals surface area contributed by atoms with Crippen LogP contribution in [0.4, 0.5) is 0 Å². The van der Waals surface area contributed by atoms with E-state index in [1.807, 2.05) is 24.3 Å². The molecular formula is C25H26N2O4Si. The number of allylic oxidation sites excluding steroid dienone is 1. The summed E-state index contributed by atoms with van der Waals surface area (Å²) in [4.78, 5) is 30.8. The summed E-state index contributed by atoms with van der Waals surface area (Å²) in [6, 6.07) is 10.8. The Morgan fingerprint density at radius 3 is 2.75 bits per heavy atom. The number of carbonyl (C=O) groups is 1. The van der Waals surface area contributed by atoms with E-state index in [4.69, 9.17) is 9.72 Å². The molecule has 1 aromatic carbocycles. The summed E-state index contributed by atoms with van der Waals surface area (Å²) in [6.45, 7) is 10.6. The Kier molecular flexibility index (Phi) is 4.55. The number of esters is 1. The largest absolute Gasteiger partial charge is 0.458 e. The minimum atomic E-state index is -1.94. The first kappa shape index (κ1) is 20.8. The Balaban J connectivity index is 1.85. The number of aromatic nitrogens is 2. The quantitative estimate of drug-likeness (QED) is 0.296. The molecule has 0 bridgehead atoms. The molecular weight excluding hydrogens is 420 g/mol. The van der Waals surface area contributed by atoms with E-state index in [0.717, 1.165) is 28.2 Å². The standard InChI is InChI=1S/C25H26N2O4Si/c1-5-11-32(3,4)22-15-9-7-8-10-19(15)26-21-16(22)13-27-20(21)12-18-17(23(27)28)14-31-24(29)25(18,30)6-2/h5,7-10,12,30H,1,6,11,13-14H2,2-4H3/t25-/m0/s1. The molecule has 0 unspecified atom stereocenters. The van der Waals surface area contributed by atoms with E-state index in [0.29, 0.717) is 23.4 Å². The molecule has 0 fully saturated rings. The topological polar surface area (TPSA) is 81.4 Å². The molecule has 6 nitrogen and oxygen atoms in total. The van der Waals surface area contributed by atoms with Crippen molar-refractivity contribution in [2.75, 3.05) is 0 Å². The van der Waals surface area contributed by atoms with E-state index >= 15 is 0 Å². The molecule has 5 rings (SSSR count). The number of carbonyl (C=O) groups excluding carboxylic acids is 1. The van der Waals surface area contributed by atoms with Crippen LogP contribution in [0.2, 0.25) is 19.1 Å². The van der Waals surface area contributed by atoms with Crippen LogP contribution in [0.15, 0.2) is 47.8 Å². The Morgan fingerprint density at radius 1 is 1.28 bits per heavy atom. The van der Waals surface area contributed by atoms with Crippen LogP contribution in [0.3, 0.4) is 0 Å². The normalized spacial score (nSPS) is 19.3. The van der Waals surface area contributed by atoms with E-state index < -0.39 is 19.6 Å². The van der Waals surface area contributed by atoms with Gasteiger partial charge in [0.05, 0.1) is 37.1 Å². The number of rotatable bonds is 4. The third-order valence-electron chi connectivity index (χ3n) is 6.93. The lowest BCUT2D eigenvalue weighted by molar-refractivity contribution is -0.172. The number of ether oxygens (including phenoxy) is 1. The Bertz CT molecular complexity index is 1370. The summed E-state index contributed by atoms with van der Waals surface area (Å²) < 4.78 is 6.89. The van der Waals surface area contributed by atoms with Crippen molar-refractivity contribution in [1.82, 2.24) is 9.55 Å². The zero-order valence-corrected chi connectivity index (χ0v) is 19.6. The van der Waals surface area contributed by atoms with Crippen molar-refractivity contribution < 1.29 is 14.6 Å². The number of hydrogen-bond donors (Lipinski definition) is 1. The van der Waals surface area contributed by atoms with Gasteiger partial charge in [0.15, 0.2) is 5.60 Å². The van der Waals surface area contributed by atoms with Gasteiger partial charge in [0, 0.05) is 5.56 Å². The van der Waals surface area contributed by atoms with Crippen molar-refractivity contribution in [2.24, 2.45) is 0 Å². The number of pyridine rings is 2. The monoisotopic (exact) mass is 446 g/mol. The molecule has 164 valence electrons. The van der Waals surface area contributed by atoms with Gasteiger partial charge in [0.1, 0.15) is 6.61 Å².